The van der Waals surface area contributed by atoms with Crippen LogP contribution in [0.1, 0.15) is 5.56 Å². The number of amides is 1. The van der Waals surface area contributed by atoms with Crippen LogP contribution in [-0.4, -0.2) is 50.1 Å². The topological polar surface area (TPSA) is 72.9 Å². The van der Waals surface area contributed by atoms with Gasteiger partial charge in [-0.25, -0.2) is 0 Å². The lowest BCUT2D eigenvalue weighted by Crippen LogP contribution is -2.41. The monoisotopic (exact) mass is 313 g/mol. The number of hydrogen-bond acceptors (Lipinski definition) is 5. The summed E-state index contributed by atoms with van der Waals surface area (Å²) in [5.41, 5.74) is 0.615. The summed E-state index contributed by atoms with van der Waals surface area (Å²) in [5.74, 6) is -1.66. The minimum atomic E-state index is -0.619. The summed E-state index contributed by atoms with van der Waals surface area (Å²) in [6.07, 6.45) is -0.0202. The molecule has 0 aromatic heterocycles. The van der Waals surface area contributed by atoms with Crippen LogP contribution in [0.3, 0.4) is 0 Å². The maximum atomic E-state index is 12.2. The van der Waals surface area contributed by atoms with Gasteiger partial charge in [-0.1, -0.05) is 29.8 Å². The molecule has 0 aliphatic rings. The van der Waals surface area contributed by atoms with Crippen LogP contribution in [0.15, 0.2) is 24.3 Å². The second kappa shape index (κ2) is 8.26. The Morgan fingerprint density at radius 1 is 1.05 bits per heavy atom. The fraction of sp³-hybridized carbons (Fsp3) is 0.357. The largest absolute Gasteiger partial charge is 0.468 e. The molecule has 1 rings (SSSR count). The van der Waals surface area contributed by atoms with E-state index in [1.54, 1.807) is 24.3 Å². The van der Waals surface area contributed by atoms with Gasteiger partial charge in [0, 0.05) is 5.02 Å². The highest BCUT2D eigenvalue weighted by Crippen LogP contribution is 2.16. The molecule has 0 N–H and O–H groups in total. The van der Waals surface area contributed by atoms with E-state index in [1.165, 1.54) is 14.2 Å². The van der Waals surface area contributed by atoms with Gasteiger partial charge in [-0.15, -0.1) is 0 Å². The molecule has 0 radical (unpaired) electrons. The number of carbonyl (C=O) groups is 3. The molecule has 0 spiro atoms. The highest BCUT2D eigenvalue weighted by atomic mass is 35.5. The van der Waals surface area contributed by atoms with Gasteiger partial charge in [0.15, 0.2) is 0 Å². The third-order valence-electron chi connectivity index (χ3n) is 2.75. The smallest absolute Gasteiger partial charge is 0.325 e. The number of methoxy groups -OCH3 is 2. The van der Waals surface area contributed by atoms with E-state index in [-0.39, 0.29) is 19.5 Å². The van der Waals surface area contributed by atoms with Crippen molar-refractivity contribution in [1.29, 1.82) is 0 Å². The lowest BCUT2D eigenvalue weighted by molar-refractivity contribution is -0.151. The van der Waals surface area contributed by atoms with Crippen molar-refractivity contribution in [1.82, 2.24) is 4.90 Å². The van der Waals surface area contributed by atoms with Gasteiger partial charge >= 0.3 is 11.9 Å². The summed E-state index contributed by atoms with van der Waals surface area (Å²) in [7, 11) is 2.41. The quantitative estimate of drug-likeness (QED) is 0.734. The maximum absolute atomic E-state index is 12.2. The zero-order valence-corrected chi connectivity index (χ0v) is 12.6. The molecule has 0 bridgehead atoms. The van der Waals surface area contributed by atoms with Gasteiger partial charge in [0.05, 0.1) is 20.6 Å². The molecule has 0 atom stereocenters. The van der Waals surface area contributed by atoms with Crippen LogP contribution in [0.5, 0.6) is 0 Å². The van der Waals surface area contributed by atoms with Crippen molar-refractivity contribution in [2.24, 2.45) is 0 Å². The average Bonchev–Trinajstić information content (AvgIpc) is 2.48. The van der Waals surface area contributed by atoms with Crippen LogP contribution < -0.4 is 0 Å². The third kappa shape index (κ3) is 5.43. The average molecular weight is 314 g/mol. The van der Waals surface area contributed by atoms with Crippen molar-refractivity contribution in [3.05, 3.63) is 34.9 Å². The summed E-state index contributed by atoms with van der Waals surface area (Å²) < 4.78 is 9.02. The van der Waals surface area contributed by atoms with Crippen molar-refractivity contribution >= 4 is 29.4 Å². The summed E-state index contributed by atoms with van der Waals surface area (Å²) in [6.45, 7) is -0.649. The minimum absolute atomic E-state index is 0.0202. The number of nitrogens with zero attached hydrogens (tertiary/aromatic N) is 1. The fourth-order valence-electron chi connectivity index (χ4n) is 1.59. The molecule has 1 aromatic carbocycles. The Hall–Kier alpha value is -2.08. The van der Waals surface area contributed by atoms with Crippen molar-refractivity contribution in [2.45, 2.75) is 6.42 Å². The van der Waals surface area contributed by atoms with Gasteiger partial charge in [-0.2, -0.15) is 0 Å². The summed E-state index contributed by atoms with van der Waals surface area (Å²) >= 11 is 5.99. The Morgan fingerprint density at radius 2 is 1.57 bits per heavy atom. The number of esters is 2. The molecule has 0 saturated carbocycles. The molecule has 21 heavy (non-hydrogen) atoms. The molecule has 114 valence electrons. The molecule has 0 heterocycles. The molecular formula is C14H16ClNO5. The molecule has 1 amide bonds. The van der Waals surface area contributed by atoms with Gasteiger partial charge in [0.25, 0.3) is 0 Å². The number of halogens is 1. The zero-order valence-electron chi connectivity index (χ0n) is 11.8. The van der Waals surface area contributed by atoms with E-state index >= 15 is 0 Å². The Labute approximate surface area is 127 Å². The molecule has 0 aliphatic carbocycles. The fourth-order valence-corrected chi connectivity index (χ4v) is 1.79. The number of carbonyl (C=O) groups excluding carboxylic acids is 3. The zero-order chi connectivity index (χ0) is 15.8. The predicted molar refractivity (Wildman–Crippen MR) is 75.8 cm³/mol. The molecular weight excluding hydrogens is 298 g/mol. The molecule has 0 saturated heterocycles. The van der Waals surface area contributed by atoms with Gasteiger partial charge in [0.2, 0.25) is 5.91 Å². The first-order chi connectivity index (χ1) is 9.97. The molecule has 0 aliphatic heterocycles. The third-order valence-corrected chi connectivity index (χ3v) is 3.12. The molecule has 0 fully saturated rings. The standard InChI is InChI=1S/C14H16ClNO5/c1-20-13(18)8-16(9-14(19)21-2)12(17)7-10-5-3-4-6-11(10)15/h3-6H,7-9H2,1-2H3. The number of hydrogen-bond donors (Lipinski definition) is 0. The first-order valence-electron chi connectivity index (χ1n) is 6.12. The summed E-state index contributed by atoms with van der Waals surface area (Å²) in [6, 6.07) is 6.86. The summed E-state index contributed by atoms with van der Waals surface area (Å²) in [4.78, 5) is 35.9. The van der Waals surface area contributed by atoms with E-state index < -0.39 is 17.8 Å². The van der Waals surface area contributed by atoms with E-state index in [0.717, 1.165) is 4.90 Å². The Morgan fingerprint density at radius 3 is 2.05 bits per heavy atom. The van der Waals surface area contributed by atoms with Gasteiger partial charge < -0.3 is 14.4 Å². The van der Waals surface area contributed by atoms with Crippen molar-refractivity contribution < 1.29 is 23.9 Å². The van der Waals surface area contributed by atoms with Crippen LogP contribution in [0.2, 0.25) is 5.02 Å². The maximum Gasteiger partial charge on any atom is 0.325 e. The number of rotatable bonds is 6. The van der Waals surface area contributed by atoms with Crippen molar-refractivity contribution in [2.75, 3.05) is 27.3 Å². The van der Waals surface area contributed by atoms with Gasteiger partial charge in [-0.3, -0.25) is 14.4 Å². The SMILES string of the molecule is COC(=O)CN(CC(=O)OC)C(=O)Cc1ccccc1Cl. The van der Waals surface area contributed by atoms with Crippen LogP contribution in [0.4, 0.5) is 0 Å². The molecule has 6 nitrogen and oxygen atoms in total. The van der Waals surface area contributed by atoms with E-state index in [2.05, 4.69) is 9.47 Å². The van der Waals surface area contributed by atoms with Gasteiger partial charge in [-0.05, 0) is 11.6 Å². The second-order valence-electron chi connectivity index (χ2n) is 4.17. The van der Waals surface area contributed by atoms with Crippen LogP contribution >= 0.6 is 11.6 Å². The number of ether oxygens (including phenoxy) is 2. The Kier molecular flexibility index (Phi) is 6.68. The first-order valence-corrected chi connectivity index (χ1v) is 6.50. The lowest BCUT2D eigenvalue weighted by atomic mass is 10.1. The highest BCUT2D eigenvalue weighted by molar-refractivity contribution is 6.31. The second-order valence-corrected chi connectivity index (χ2v) is 4.58. The van der Waals surface area contributed by atoms with E-state index in [4.69, 9.17) is 11.6 Å². The van der Waals surface area contributed by atoms with Crippen LogP contribution in [-0.2, 0) is 30.3 Å². The van der Waals surface area contributed by atoms with Crippen molar-refractivity contribution in [3.63, 3.8) is 0 Å². The van der Waals surface area contributed by atoms with Crippen LogP contribution in [0, 0.1) is 0 Å². The van der Waals surface area contributed by atoms with Crippen LogP contribution in [0.25, 0.3) is 0 Å². The molecule has 7 heteroatoms. The summed E-state index contributed by atoms with van der Waals surface area (Å²) in [5, 5.41) is 0.446. The van der Waals surface area contributed by atoms with E-state index in [0.29, 0.717) is 10.6 Å². The minimum Gasteiger partial charge on any atom is -0.468 e. The predicted octanol–water partition coefficient (Wildman–Crippen LogP) is 1.06. The Balaban J connectivity index is 2.81. The van der Waals surface area contributed by atoms with Crippen molar-refractivity contribution in [3.8, 4) is 0 Å². The highest BCUT2D eigenvalue weighted by Gasteiger charge is 2.21. The molecule has 0 unspecified atom stereocenters. The van der Waals surface area contributed by atoms with E-state index in [9.17, 15) is 14.4 Å². The van der Waals surface area contributed by atoms with E-state index in [1.807, 2.05) is 0 Å². The molecule has 1 aromatic rings. The number of benzene rings is 1. The first kappa shape index (κ1) is 17.0. The normalized spacial score (nSPS) is 9.86. The lowest BCUT2D eigenvalue weighted by Gasteiger charge is -2.20. The van der Waals surface area contributed by atoms with Gasteiger partial charge in [0.1, 0.15) is 13.1 Å². The Bertz CT molecular complexity index is 514.